The van der Waals surface area contributed by atoms with E-state index in [1.54, 1.807) is 0 Å². The fourth-order valence-electron chi connectivity index (χ4n) is 3.00. The molecule has 2 unspecified atom stereocenters. The van der Waals surface area contributed by atoms with Crippen molar-refractivity contribution >= 4 is 24.0 Å². The highest BCUT2D eigenvalue weighted by molar-refractivity contribution is 5.92. The van der Waals surface area contributed by atoms with Crippen molar-refractivity contribution in [3.05, 3.63) is 18.2 Å². The number of amides is 1. The van der Waals surface area contributed by atoms with Crippen molar-refractivity contribution in [3.8, 4) is 11.5 Å². The summed E-state index contributed by atoms with van der Waals surface area (Å²) in [6.07, 6.45) is 2.30. The van der Waals surface area contributed by atoms with Crippen molar-refractivity contribution in [1.82, 2.24) is 5.32 Å². The van der Waals surface area contributed by atoms with E-state index in [0.717, 1.165) is 38.1 Å². The lowest BCUT2D eigenvalue weighted by Crippen LogP contribution is -2.34. The van der Waals surface area contributed by atoms with Crippen LogP contribution in [-0.2, 0) is 4.79 Å². The zero-order valence-electron chi connectivity index (χ0n) is 14.7. The Labute approximate surface area is 161 Å². The Hall–Kier alpha value is -1.74. The van der Waals surface area contributed by atoms with Gasteiger partial charge in [-0.25, -0.2) is 0 Å². The Morgan fingerprint density at radius 3 is 2.56 bits per heavy atom. The summed E-state index contributed by atoms with van der Waals surface area (Å²) in [6.45, 7) is -2.49. The molecule has 1 saturated heterocycles. The highest BCUT2D eigenvalue weighted by Crippen LogP contribution is 2.32. The molecule has 0 radical (unpaired) electrons. The van der Waals surface area contributed by atoms with Gasteiger partial charge in [0.25, 0.3) is 0 Å². The summed E-state index contributed by atoms with van der Waals surface area (Å²) in [5.74, 6) is -0.643. The second kappa shape index (κ2) is 11.2. The minimum absolute atomic E-state index is 0. The molecular weight excluding hydrogens is 392 g/mol. The number of ether oxygens (including phenoxy) is 2. The zero-order chi connectivity index (χ0) is 19.1. The maximum Gasteiger partial charge on any atom is 0.387 e. The van der Waals surface area contributed by atoms with E-state index in [4.69, 9.17) is 0 Å². The van der Waals surface area contributed by atoms with Crippen molar-refractivity contribution < 1.29 is 31.8 Å². The minimum Gasteiger partial charge on any atom is -0.435 e. The van der Waals surface area contributed by atoms with E-state index < -0.39 is 19.0 Å². The van der Waals surface area contributed by atoms with Crippen LogP contribution in [0.4, 0.5) is 23.2 Å². The van der Waals surface area contributed by atoms with Gasteiger partial charge in [-0.05, 0) is 49.9 Å². The lowest BCUT2D eigenvalue weighted by Gasteiger charge is -2.28. The van der Waals surface area contributed by atoms with Crippen LogP contribution in [0.15, 0.2) is 18.2 Å². The predicted molar refractivity (Wildman–Crippen MR) is 95.0 cm³/mol. The van der Waals surface area contributed by atoms with Gasteiger partial charge in [0.2, 0.25) is 5.91 Å². The van der Waals surface area contributed by atoms with Crippen molar-refractivity contribution in [2.75, 3.05) is 18.4 Å². The number of hydrogen-bond donors (Lipinski definition) is 2. The van der Waals surface area contributed by atoms with Crippen molar-refractivity contribution in [2.45, 2.75) is 39.4 Å². The molecule has 2 rings (SSSR count). The number of nitrogens with one attached hydrogen (secondary N) is 2. The van der Waals surface area contributed by atoms with Crippen LogP contribution in [0.2, 0.25) is 0 Å². The van der Waals surface area contributed by atoms with Crippen molar-refractivity contribution in [2.24, 2.45) is 11.8 Å². The maximum absolute atomic E-state index is 12.6. The quantitative estimate of drug-likeness (QED) is 0.623. The van der Waals surface area contributed by atoms with Crippen molar-refractivity contribution in [3.63, 3.8) is 0 Å². The molecule has 0 aliphatic carbocycles. The van der Waals surface area contributed by atoms with E-state index in [9.17, 15) is 22.4 Å². The van der Waals surface area contributed by atoms with E-state index in [1.807, 2.05) is 6.92 Å². The van der Waals surface area contributed by atoms with E-state index in [1.165, 1.54) is 6.07 Å². The molecule has 0 saturated carbocycles. The Morgan fingerprint density at radius 2 is 1.96 bits per heavy atom. The molecular formula is C17H23ClF4N2O3. The molecule has 0 spiro atoms. The molecule has 1 heterocycles. The summed E-state index contributed by atoms with van der Waals surface area (Å²) < 4.78 is 58.1. The molecule has 5 nitrogen and oxygen atoms in total. The van der Waals surface area contributed by atoms with Crippen LogP contribution < -0.4 is 20.1 Å². The minimum atomic E-state index is -3.17. The number of anilines is 1. The van der Waals surface area contributed by atoms with Gasteiger partial charge in [0.15, 0.2) is 5.75 Å². The van der Waals surface area contributed by atoms with Crippen LogP contribution in [0.5, 0.6) is 11.5 Å². The number of halogens is 5. The molecule has 0 aromatic heterocycles. The van der Waals surface area contributed by atoms with E-state index in [0.29, 0.717) is 5.92 Å². The van der Waals surface area contributed by atoms with E-state index >= 15 is 0 Å². The first-order valence-corrected chi connectivity index (χ1v) is 8.39. The summed E-state index contributed by atoms with van der Waals surface area (Å²) in [5, 5.41) is 5.79. The number of carbonyl (C=O) groups excluding carboxylic acids is 1. The third-order valence-electron chi connectivity index (χ3n) is 4.32. The Kier molecular flexibility index (Phi) is 9.65. The SMILES string of the molecule is CC(CC(=O)Nc1ccc(OC(F)F)cc1OC(F)F)C1CCCNC1.Cl. The Morgan fingerprint density at radius 1 is 1.26 bits per heavy atom. The first kappa shape index (κ1) is 23.3. The summed E-state index contributed by atoms with van der Waals surface area (Å²) in [5.41, 5.74) is -0.0223. The van der Waals surface area contributed by atoms with Crippen LogP contribution in [0, 0.1) is 11.8 Å². The summed E-state index contributed by atoms with van der Waals surface area (Å²) >= 11 is 0. The predicted octanol–water partition coefficient (Wildman–Crippen LogP) is 4.28. The van der Waals surface area contributed by atoms with Gasteiger partial charge < -0.3 is 20.1 Å². The van der Waals surface area contributed by atoms with Gasteiger partial charge in [-0.2, -0.15) is 17.6 Å². The smallest absolute Gasteiger partial charge is 0.387 e. The van der Waals surface area contributed by atoms with Gasteiger partial charge in [-0.1, -0.05) is 6.92 Å². The third kappa shape index (κ3) is 7.80. The molecule has 154 valence electrons. The average molecular weight is 415 g/mol. The highest BCUT2D eigenvalue weighted by atomic mass is 35.5. The molecule has 10 heteroatoms. The number of carbonyl (C=O) groups is 1. The molecule has 1 aromatic rings. The number of alkyl halides is 4. The van der Waals surface area contributed by atoms with Crippen LogP contribution in [0.3, 0.4) is 0 Å². The first-order chi connectivity index (χ1) is 12.3. The van der Waals surface area contributed by atoms with E-state index in [-0.39, 0.29) is 42.1 Å². The third-order valence-corrected chi connectivity index (χ3v) is 4.32. The summed E-state index contributed by atoms with van der Waals surface area (Å²) in [7, 11) is 0. The summed E-state index contributed by atoms with van der Waals surface area (Å²) in [6, 6.07) is 3.23. The molecule has 2 N–H and O–H groups in total. The van der Waals surface area contributed by atoms with Gasteiger partial charge >= 0.3 is 13.2 Å². The number of benzene rings is 1. The maximum atomic E-state index is 12.6. The summed E-state index contributed by atoms with van der Waals surface area (Å²) in [4.78, 5) is 12.2. The molecule has 1 amide bonds. The molecule has 1 fully saturated rings. The van der Waals surface area contributed by atoms with Crippen LogP contribution >= 0.6 is 12.4 Å². The highest BCUT2D eigenvalue weighted by Gasteiger charge is 2.23. The standard InChI is InChI=1S/C17H22F4N2O3.ClH/c1-10(11-3-2-6-22-9-11)7-15(24)23-13-5-4-12(25-16(18)19)8-14(13)26-17(20)21;/h4-5,8,10-11,16-17,22H,2-3,6-7,9H2,1H3,(H,23,24);1H. The second-order valence-electron chi connectivity index (χ2n) is 6.25. The second-order valence-corrected chi connectivity index (χ2v) is 6.25. The number of piperidine rings is 1. The fraction of sp³-hybridized carbons (Fsp3) is 0.588. The van der Waals surface area contributed by atoms with Gasteiger partial charge in [0, 0.05) is 12.5 Å². The molecule has 0 bridgehead atoms. The van der Waals surface area contributed by atoms with Crippen molar-refractivity contribution in [1.29, 1.82) is 0 Å². The van der Waals surface area contributed by atoms with E-state index in [2.05, 4.69) is 20.1 Å². The zero-order valence-corrected chi connectivity index (χ0v) is 15.5. The Balaban J connectivity index is 0.00000364. The lowest BCUT2D eigenvalue weighted by atomic mass is 9.85. The van der Waals surface area contributed by atoms with Gasteiger partial charge in [0.1, 0.15) is 5.75 Å². The van der Waals surface area contributed by atoms with Gasteiger partial charge in [-0.15, -0.1) is 12.4 Å². The molecule has 2 atom stereocenters. The molecule has 1 aliphatic rings. The normalized spacial score (nSPS) is 18.0. The number of rotatable bonds is 8. The Bertz CT molecular complexity index is 602. The first-order valence-electron chi connectivity index (χ1n) is 8.39. The van der Waals surface area contributed by atoms with Crippen LogP contribution in [0.25, 0.3) is 0 Å². The lowest BCUT2D eigenvalue weighted by molar-refractivity contribution is -0.117. The molecule has 1 aliphatic heterocycles. The van der Waals surface area contributed by atoms with Gasteiger partial charge in [-0.3, -0.25) is 4.79 Å². The molecule has 1 aromatic carbocycles. The topological polar surface area (TPSA) is 59.6 Å². The monoisotopic (exact) mass is 414 g/mol. The fourth-order valence-corrected chi connectivity index (χ4v) is 3.00. The van der Waals surface area contributed by atoms with Gasteiger partial charge in [0.05, 0.1) is 5.69 Å². The largest absolute Gasteiger partial charge is 0.435 e. The van der Waals surface area contributed by atoms with Crippen LogP contribution in [-0.4, -0.2) is 32.2 Å². The molecule has 27 heavy (non-hydrogen) atoms. The number of hydrogen-bond acceptors (Lipinski definition) is 4. The average Bonchev–Trinajstić information content (AvgIpc) is 2.57. The van der Waals surface area contributed by atoms with Crippen LogP contribution in [0.1, 0.15) is 26.2 Å².